The van der Waals surface area contributed by atoms with E-state index in [1.54, 1.807) is 13.2 Å². The molecule has 0 amide bonds. The second-order valence-electron chi connectivity index (χ2n) is 5.60. The summed E-state index contributed by atoms with van der Waals surface area (Å²) in [5.41, 5.74) is 3.22. The Balaban J connectivity index is 1.95. The van der Waals surface area contributed by atoms with Crippen molar-refractivity contribution in [2.75, 3.05) is 26.1 Å². The molecule has 126 valence electrons. The molecule has 0 aliphatic carbocycles. The first-order valence-corrected chi connectivity index (χ1v) is 7.99. The predicted molar refractivity (Wildman–Crippen MR) is 92.0 cm³/mol. The van der Waals surface area contributed by atoms with Gasteiger partial charge in [0.15, 0.2) is 17.6 Å². The first-order valence-electron chi connectivity index (χ1n) is 7.99. The zero-order valence-electron chi connectivity index (χ0n) is 14.1. The Hall–Kier alpha value is -2.69. The van der Waals surface area contributed by atoms with Crippen LogP contribution in [0.3, 0.4) is 0 Å². The topological polar surface area (TPSA) is 56.8 Å². The standard InChI is InChI=1S/C19H21NO4/c1-4-11-20-13-7-5-12(6-8-13)17-14-9-10-15(22-2)18(23-3)16(14)19(21)24-17/h5-10,17,20H,4,11H2,1-3H3. The van der Waals surface area contributed by atoms with Gasteiger partial charge in [-0.3, -0.25) is 0 Å². The Morgan fingerprint density at radius 3 is 2.46 bits per heavy atom. The molecule has 1 aliphatic heterocycles. The van der Waals surface area contributed by atoms with Crippen LogP contribution in [0.4, 0.5) is 5.69 Å². The zero-order chi connectivity index (χ0) is 17.1. The maximum absolute atomic E-state index is 12.3. The van der Waals surface area contributed by atoms with Crippen LogP contribution in [-0.4, -0.2) is 26.7 Å². The van der Waals surface area contributed by atoms with E-state index in [4.69, 9.17) is 14.2 Å². The number of rotatable bonds is 6. The largest absolute Gasteiger partial charge is 0.493 e. The van der Waals surface area contributed by atoms with Gasteiger partial charge in [-0.25, -0.2) is 4.79 Å². The van der Waals surface area contributed by atoms with Crippen LogP contribution < -0.4 is 14.8 Å². The van der Waals surface area contributed by atoms with Crippen molar-refractivity contribution in [3.8, 4) is 11.5 Å². The molecule has 0 aromatic heterocycles. The summed E-state index contributed by atoms with van der Waals surface area (Å²) >= 11 is 0. The summed E-state index contributed by atoms with van der Waals surface area (Å²) in [7, 11) is 3.07. The minimum atomic E-state index is -0.424. The van der Waals surface area contributed by atoms with Gasteiger partial charge in [0, 0.05) is 17.8 Å². The van der Waals surface area contributed by atoms with E-state index in [1.165, 1.54) is 7.11 Å². The number of fused-ring (bicyclic) bond motifs is 1. The van der Waals surface area contributed by atoms with E-state index in [1.807, 2.05) is 30.3 Å². The van der Waals surface area contributed by atoms with Gasteiger partial charge in [0.1, 0.15) is 5.56 Å². The third kappa shape index (κ3) is 2.77. The summed E-state index contributed by atoms with van der Waals surface area (Å²) in [6, 6.07) is 11.6. The molecule has 3 rings (SSSR count). The van der Waals surface area contributed by atoms with Gasteiger partial charge in [0.2, 0.25) is 0 Å². The molecule has 0 bridgehead atoms. The molecule has 1 aliphatic rings. The van der Waals surface area contributed by atoms with Crippen LogP contribution in [0.1, 0.15) is 40.9 Å². The van der Waals surface area contributed by atoms with E-state index in [2.05, 4.69) is 12.2 Å². The highest BCUT2D eigenvalue weighted by molar-refractivity contribution is 5.98. The number of carbonyl (C=O) groups is 1. The lowest BCUT2D eigenvalue weighted by Gasteiger charge is -2.13. The number of hydrogen-bond donors (Lipinski definition) is 1. The van der Waals surface area contributed by atoms with Crippen LogP contribution in [-0.2, 0) is 4.74 Å². The second-order valence-corrected chi connectivity index (χ2v) is 5.60. The lowest BCUT2D eigenvalue weighted by Crippen LogP contribution is -2.02. The van der Waals surface area contributed by atoms with Gasteiger partial charge in [-0.15, -0.1) is 0 Å². The molecule has 2 aromatic rings. The van der Waals surface area contributed by atoms with Crippen molar-refractivity contribution in [2.24, 2.45) is 0 Å². The summed E-state index contributed by atoms with van der Waals surface area (Å²) in [6.45, 7) is 3.05. The Morgan fingerprint density at radius 2 is 1.83 bits per heavy atom. The van der Waals surface area contributed by atoms with E-state index in [0.29, 0.717) is 17.1 Å². The SMILES string of the molecule is CCCNc1ccc(C2OC(=O)c3c2ccc(OC)c3OC)cc1. The summed E-state index contributed by atoms with van der Waals surface area (Å²) < 4.78 is 16.2. The van der Waals surface area contributed by atoms with E-state index in [9.17, 15) is 4.79 Å². The Kier molecular flexibility index (Phi) is 4.60. The van der Waals surface area contributed by atoms with E-state index in [0.717, 1.165) is 29.8 Å². The van der Waals surface area contributed by atoms with Gasteiger partial charge < -0.3 is 19.5 Å². The molecule has 0 saturated carbocycles. The molecule has 24 heavy (non-hydrogen) atoms. The van der Waals surface area contributed by atoms with Gasteiger partial charge in [0.05, 0.1) is 14.2 Å². The third-order valence-electron chi connectivity index (χ3n) is 4.08. The number of carbonyl (C=O) groups excluding carboxylic acids is 1. The highest BCUT2D eigenvalue weighted by atomic mass is 16.6. The first-order chi connectivity index (χ1) is 11.7. The quantitative estimate of drug-likeness (QED) is 0.818. The normalized spacial score (nSPS) is 15.6. The molecule has 1 unspecified atom stereocenters. The summed E-state index contributed by atoms with van der Waals surface area (Å²) in [5, 5.41) is 3.33. The molecular formula is C19H21NO4. The molecule has 0 saturated heterocycles. The maximum Gasteiger partial charge on any atom is 0.343 e. The van der Waals surface area contributed by atoms with Gasteiger partial charge in [-0.05, 0) is 30.2 Å². The molecule has 5 heteroatoms. The number of esters is 1. The fraction of sp³-hybridized carbons (Fsp3) is 0.316. The lowest BCUT2D eigenvalue weighted by molar-refractivity contribution is 0.0453. The fourth-order valence-corrected chi connectivity index (χ4v) is 2.89. The molecule has 0 fully saturated rings. The van der Waals surface area contributed by atoms with Crippen molar-refractivity contribution in [2.45, 2.75) is 19.4 Å². The van der Waals surface area contributed by atoms with Crippen molar-refractivity contribution in [3.05, 3.63) is 53.1 Å². The van der Waals surface area contributed by atoms with E-state index in [-0.39, 0.29) is 5.97 Å². The van der Waals surface area contributed by atoms with E-state index >= 15 is 0 Å². The van der Waals surface area contributed by atoms with Crippen molar-refractivity contribution in [1.82, 2.24) is 0 Å². The average molecular weight is 327 g/mol. The number of anilines is 1. The Bertz CT molecular complexity index is 740. The number of benzene rings is 2. The lowest BCUT2D eigenvalue weighted by atomic mass is 9.98. The monoisotopic (exact) mass is 327 g/mol. The van der Waals surface area contributed by atoms with Crippen molar-refractivity contribution in [3.63, 3.8) is 0 Å². The van der Waals surface area contributed by atoms with Crippen LogP contribution in [0.15, 0.2) is 36.4 Å². The minimum Gasteiger partial charge on any atom is -0.493 e. The molecule has 1 N–H and O–H groups in total. The Labute approximate surface area is 141 Å². The van der Waals surface area contributed by atoms with Gasteiger partial charge in [-0.2, -0.15) is 0 Å². The minimum absolute atomic E-state index is 0.390. The third-order valence-corrected chi connectivity index (χ3v) is 4.08. The zero-order valence-corrected chi connectivity index (χ0v) is 14.1. The molecule has 0 radical (unpaired) electrons. The Morgan fingerprint density at radius 1 is 1.08 bits per heavy atom. The number of methoxy groups -OCH3 is 2. The number of nitrogens with one attached hydrogen (secondary N) is 1. The van der Waals surface area contributed by atoms with Crippen molar-refractivity contribution >= 4 is 11.7 Å². The highest BCUT2D eigenvalue weighted by Gasteiger charge is 2.36. The van der Waals surface area contributed by atoms with E-state index < -0.39 is 6.10 Å². The van der Waals surface area contributed by atoms with Gasteiger partial charge in [-0.1, -0.05) is 25.1 Å². The number of ether oxygens (including phenoxy) is 3. The first kappa shape index (κ1) is 16.2. The number of cyclic esters (lactones) is 1. The highest BCUT2D eigenvalue weighted by Crippen LogP contribution is 2.44. The number of hydrogen-bond acceptors (Lipinski definition) is 5. The maximum atomic E-state index is 12.3. The molecular weight excluding hydrogens is 306 g/mol. The van der Waals surface area contributed by atoms with Gasteiger partial charge in [0.25, 0.3) is 0 Å². The van der Waals surface area contributed by atoms with Crippen molar-refractivity contribution < 1.29 is 19.0 Å². The van der Waals surface area contributed by atoms with Gasteiger partial charge >= 0.3 is 5.97 Å². The fourth-order valence-electron chi connectivity index (χ4n) is 2.89. The molecule has 0 spiro atoms. The summed E-state index contributed by atoms with van der Waals surface area (Å²) in [5.74, 6) is 0.552. The van der Waals surface area contributed by atoms with Crippen LogP contribution in [0.25, 0.3) is 0 Å². The second kappa shape index (κ2) is 6.83. The van der Waals surface area contributed by atoms with Crippen LogP contribution >= 0.6 is 0 Å². The summed E-state index contributed by atoms with van der Waals surface area (Å²) in [4.78, 5) is 12.3. The van der Waals surface area contributed by atoms with Crippen molar-refractivity contribution in [1.29, 1.82) is 0 Å². The molecule has 2 aromatic carbocycles. The molecule has 1 atom stereocenters. The summed E-state index contributed by atoms with van der Waals surface area (Å²) in [6.07, 6.45) is 0.643. The van der Waals surface area contributed by atoms with Crippen LogP contribution in [0, 0.1) is 0 Å². The predicted octanol–water partition coefficient (Wildman–Crippen LogP) is 3.79. The smallest absolute Gasteiger partial charge is 0.343 e. The van der Waals surface area contributed by atoms with Crippen LogP contribution in [0.2, 0.25) is 0 Å². The average Bonchev–Trinajstić information content (AvgIpc) is 2.96. The molecule has 5 nitrogen and oxygen atoms in total. The molecule has 1 heterocycles. The van der Waals surface area contributed by atoms with Crippen LogP contribution in [0.5, 0.6) is 11.5 Å².